The Labute approximate surface area is 57.8 Å². The van der Waals surface area contributed by atoms with Crippen molar-refractivity contribution in [3.8, 4) is 5.95 Å². The van der Waals surface area contributed by atoms with Crippen LogP contribution in [0.4, 0.5) is 0 Å². The summed E-state index contributed by atoms with van der Waals surface area (Å²) >= 11 is 0. The summed E-state index contributed by atoms with van der Waals surface area (Å²) in [7, 11) is 0. The van der Waals surface area contributed by atoms with Crippen LogP contribution in [0.5, 0.6) is 5.95 Å². The topological polar surface area (TPSA) is 52.3 Å². The minimum atomic E-state index is -0.406. The molecule has 1 aromatic heterocycles. The summed E-state index contributed by atoms with van der Waals surface area (Å²) in [6.07, 6.45) is 0. The van der Waals surface area contributed by atoms with Gasteiger partial charge in [-0.15, -0.1) is 0 Å². The molecule has 0 aromatic carbocycles. The van der Waals surface area contributed by atoms with Gasteiger partial charge in [0.25, 0.3) is 0 Å². The van der Waals surface area contributed by atoms with Crippen molar-refractivity contribution in [1.82, 2.24) is 5.16 Å². The van der Waals surface area contributed by atoms with Crippen LogP contribution in [0, 0.1) is 6.92 Å². The maximum absolute atomic E-state index is 10.3. The third kappa shape index (κ3) is 1.58. The minimum absolute atomic E-state index is 0.144. The lowest BCUT2D eigenvalue weighted by Crippen LogP contribution is -1.99. The second kappa shape index (κ2) is 2.51. The van der Waals surface area contributed by atoms with E-state index in [1.807, 2.05) is 0 Å². The quantitative estimate of drug-likeness (QED) is 0.545. The molecule has 4 heteroatoms. The van der Waals surface area contributed by atoms with Crippen molar-refractivity contribution in [3.05, 3.63) is 11.8 Å². The van der Waals surface area contributed by atoms with Crippen molar-refractivity contribution < 1.29 is 14.1 Å². The Bertz CT molecular complexity index is 241. The van der Waals surface area contributed by atoms with E-state index in [1.54, 1.807) is 13.0 Å². The van der Waals surface area contributed by atoms with Gasteiger partial charge in [-0.1, -0.05) is 5.16 Å². The third-order valence-corrected chi connectivity index (χ3v) is 0.851. The molecule has 1 rings (SSSR count). The lowest BCUT2D eigenvalue weighted by Gasteiger charge is -1.89. The number of carbonyl (C=O) groups is 1. The number of nitrogens with zero attached hydrogens (tertiary/aromatic N) is 1. The van der Waals surface area contributed by atoms with Crippen molar-refractivity contribution in [3.63, 3.8) is 0 Å². The normalized spacial score (nSPS) is 9.40. The van der Waals surface area contributed by atoms with Crippen LogP contribution in [-0.2, 0) is 4.79 Å². The molecule has 0 radical (unpaired) electrons. The first-order valence-electron chi connectivity index (χ1n) is 2.80. The van der Waals surface area contributed by atoms with Crippen LogP contribution in [0.25, 0.3) is 0 Å². The second-order valence-corrected chi connectivity index (χ2v) is 1.88. The number of aryl methyl sites for hydroxylation is 1. The molecular weight excluding hydrogens is 134 g/mol. The molecule has 0 atom stereocenters. The van der Waals surface area contributed by atoms with E-state index in [9.17, 15) is 4.79 Å². The van der Waals surface area contributed by atoms with E-state index in [0.717, 1.165) is 0 Å². The molecule has 0 amide bonds. The van der Waals surface area contributed by atoms with Gasteiger partial charge in [0, 0.05) is 13.0 Å². The smallest absolute Gasteiger partial charge is 0.319 e. The van der Waals surface area contributed by atoms with E-state index < -0.39 is 5.97 Å². The van der Waals surface area contributed by atoms with Gasteiger partial charge in [-0.25, -0.2) is 0 Å². The lowest BCUT2D eigenvalue weighted by molar-refractivity contribution is -0.133. The molecule has 0 fully saturated rings. The van der Waals surface area contributed by atoms with Gasteiger partial charge in [0.2, 0.25) is 0 Å². The fourth-order valence-corrected chi connectivity index (χ4v) is 0.530. The third-order valence-electron chi connectivity index (χ3n) is 0.851. The molecule has 0 spiro atoms. The number of carbonyl (C=O) groups excluding carboxylic acids is 1. The van der Waals surface area contributed by atoms with Gasteiger partial charge in [0.05, 0.1) is 5.69 Å². The molecular formula is C6H7NO3. The number of aromatic nitrogens is 1. The first-order valence-corrected chi connectivity index (χ1v) is 2.80. The summed E-state index contributed by atoms with van der Waals surface area (Å²) in [5.41, 5.74) is 0.691. The highest BCUT2D eigenvalue weighted by molar-refractivity contribution is 5.68. The van der Waals surface area contributed by atoms with Crippen LogP contribution in [0.15, 0.2) is 10.6 Å². The van der Waals surface area contributed by atoms with Gasteiger partial charge in [-0.2, -0.15) is 0 Å². The molecule has 10 heavy (non-hydrogen) atoms. The average molecular weight is 141 g/mol. The molecule has 0 N–H and O–H groups in total. The van der Waals surface area contributed by atoms with Crippen molar-refractivity contribution in [2.24, 2.45) is 0 Å². The average Bonchev–Trinajstić information content (AvgIpc) is 2.13. The van der Waals surface area contributed by atoms with E-state index >= 15 is 0 Å². The van der Waals surface area contributed by atoms with Gasteiger partial charge >= 0.3 is 11.9 Å². The first-order chi connectivity index (χ1) is 4.68. The van der Waals surface area contributed by atoms with Gasteiger partial charge in [-0.3, -0.25) is 4.79 Å². The predicted octanol–water partition coefficient (Wildman–Crippen LogP) is 0.908. The van der Waals surface area contributed by atoms with Crippen molar-refractivity contribution in [1.29, 1.82) is 0 Å². The van der Waals surface area contributed by atoms with Gasteiger partial charge in [0.1, 0.15) is 0 Å². The SMILES string of the molecule is CC(=O)Oc1cc(C)no1. The van der Waals surface area contributed by atoms with Crippen molar-refractivity contribution >= 4 is 5.97 Å². The van der Waals surface area contributed by atoms with E-state index in [1.165, 1.54) is 6.92 Å². The van der Waals surface area contributed by atoms with Gasteiger partial charge in [0.15, 0.2) is 0 Å². The van der Waals surface area contributed by atoms with Crippen LogP contribution >= 0.6 is 0 Å². The summed E-state index contributed by atoms with van der Waals surface area (Å²) < 4.78 is 9.15. The molecule has 1 heterocycles. The van der Waals surface area contributed by atoms with Crippen LogP contribution in [-0.4, -0.2) is 11.1 Å². The summed E-state index contributed by atoms with van der Waals surface area (Å²) in [6.45, 7) is 3.05. The molecule has 54 valence electrons. The van der Waals surface area contributed by atoms with E-state index in [-0.39, 0.29) is 5.95 Å². The summed E-state index contributed by atoms with van der Waals surface area (Å²) in [5, 5.41) is 3.52. The molecule has 1 aromatic rings. The highest BCUT2D eigenvalue weighted by Crippen LogP contribution is 2.10. The highest BCUT2D eigenvalue weighted by Gasteiger charge is 2.02. The largest absolute Gasteiger partial charge is 0.391 e. The van der Waals surface area contributed by atoms with Gasteiger partial charge < -0.3 is 9.26 Å². The number of esters is 1. The van der Waals surface area contributed by atoms with Crippen molar-refractivity contribution in [2.75, 3.05) is 0 Å². The molecule has 0 aliphatic heterocycles. The van der Waals surface area contributed by atoms with E-state index in [0.29, 0.717) is 5.69 Å². The maximum Gasteiger partial charge on any atom is 0.319 e. The zero-order valence-electron chi connectivity index (χ0n) is 5.75. The Morgan fingerprint density at radius 3 is 2.90 bits per heavy atom. The predicted molar refractivity (Wildman–Crippen MR) is 32.5 cm³/mol. The molecule has 0 saturated heterocycles. The summed E-state index contributed by atoms with van der Waals surface area (Å²) in [4.78, 5) is 10.3. The standard InChI is InChI=1S/C6H7NO3/c1-4-3-6(10-7-4)9-5(2)8/h3H,1-2H3. The number of ether oxygens (including phenoxy) is 1. The minimum Gasteiger partial charge on any atom is -0.391 e. The Balaban J connectivity index is 2.67. The van der Waals surface area contributed by atoms with Crippen LogP contribution in [0.3, 0.4) is 0 Å². The van der Waals surface area contributed by atoms with E-state index in [4.69, 9.17) is 0 Å². The molecule has 0 bridgehead atoms. The molecule has 4 nitrogen and oxygen atoms in total. The molecule has 0 aliphatic carbocycles. The fraction of sp³-hybridized carbons (Fsp3) is 0.333. The molecule has 0 unspecified atom stereocenters. The second-order valence-electron chi connectivity index (χ2n) is 1.88. The highest BCUT2D eigenvalue weighted by atomic mass is 16.6. The molecule has 0 aliphatic rings. The Kier molecular flexibility index (Phi) is 1.71. The van der Waals surface area contributed by atoms with Gasteiger partial charge in [-0.05, 0) is 6.92 Å². The summed E-state index contributed by atoms with van der Waals surface area (Å²) in [5.74, 6) is -0.263. The first kappa shape index (κ1) is 6.80. The summed E-state index contributed by atoms with van der Waals surface area (Å²) in [6, 6.07) is 1.54. The Hall–Kier alpha value is -1.32. The molecule has 0 saturated carbocycles. The number of rotatable bonds is 1. The van der Waals surface area contributed by atoms with Crippen LogP contribution in [0.2, 0.25) is 0 Å². The van der Waals surface area contributed by atoms with Crippen molar-refractivity contribution in [2.45, 2.75) is 13.8 Å². The zero-order valence-corrected chi connectivity index (χ0v) is 5.75. The number of hydrogen-bond acceptors (Lipinski definition) is 4. The lowest BCUT2D eigenvalue weighted by atomic mass is 10.5. The maximum atomic E-state index is 10.3. The van der Waals surface area contributed by atoms with Crippen LogP contribution < -0.4 is 4.74 Å². The fourth-order valence-electron chi connectivity index (χ4n) is 0.530. The Morgan fingerprint density at radius 1 is 1.80 bits per heavy atom. The zero-order chi connectivity index (χ0) is 7.56. The Morgan fingerprint density at radius 2 is 2.50 bits per heavy atom. The van der Waals surface area contributed by atoms with E-state index in [2.05, 4.69) is 14.4 Å². The monoisotopic (exact) mass is 141 g/mol. The number of hydrogen-bond donors (Lipinski definition) is 0. The van der Waals surface area contributed by atoms with Crippen LogP contribution in [0.1, 0.15) is 12.6 Å².